The van der Waals surface area contributed by atoms with Crippen LogP contribution in [0.5, 0.6) is 51.7 Å². The number of rotatable bonds is 12. The summed E-state index contributed by atoms with van der Waals surface area (Å²) in [6.45, 7) is 0. The molecule has 15 nitrogen and oxygen atoms in total. The first-order chi connectivity index (χ1) is 21.5. The van der Waals surface area contributed by atoms with Crippen molar-refractivity contribution >= 4 is 17.9 Å². The number of hydrogen-bond donors (Lipinski definition) is 3. The van der Waals surface area contributed by atoms with Crippen molar-refractivity contribution in [3.63, 3.8) is 0 Å². The number of aromatic carboxylic acids is 3. The van der Waals surface area contributed by atoms with Crippen LogP contribution >= 0.6 is 0 Å². The summed E-state index contributed by atoms with van der Waals surface area (Å²) in [5.41, 5.74) is 0.112. The molecule has 0 saturated heterocycles. The summed E-state index contributed by atoms with van der Waals surface area (Å²) >= 11 is 0. The first kappa shape index (κ1) is 41.6. The molecule has 16 heteroatoms. The molecular weight excluding hydrogens is 751 g/mol. The average Bonchev–Trinajstić information content (AvgIpc) is 3.05. The topological polar surface area (TPSA) is 195 Å². The third-order valence-corrected chi connectivity index (χ3v) is 5.80. The van der Waals surface area contributed by atoms with Crippen LogP contribution in [0.15, 0.2) is 36.4 Å². The minimum absolute atomic E-state index is 0. The Morgan fingerprint density at radius 3 is 0.696 bits per heavy atom. The quantitative estimate of drug-likeness (QED) is 0.236. The number of carboxylic acids is 3. The van der Waals surface area contributed by atoms with Crippen LogP contribution in [0, 0.1) is 40.4 Å². The summed E-state index contributed by atoms with van der Waals surface area (Å²) in [6, 6.07) is 8.77. The molecule has 0 amide bonds. The van der Waals surface area contributed by atoms with Crippen LogP contribution in [0.25, 0.3) is 0 Å². The third-order valence-electron chi connectivity index (χ3n) is 5.80. The molecule has 0 aliphatic carbocycles. The molecule has 0 aliphatic rings. The van der Waals surface area contributed by atoms with Gasteiger partial charge in [-0.3, -0.25) is 0 Å². The Morgan fingerprint density at radius 2 is 0.565 bits per heavy atom. The van der Waals surface area contributed by atoms with E-state index in [4.69, 9.17) is 58.0 Å². The van der Waals surface area contributed by atoms with Crippen molar-refractivity contribution in [2.24, 2.45) is 0 Å². The van der Waals surface area contributed by atoms with E-state index < -0.39 is 17.9 Å². The van der Waals surface area contributed by atoms with E-state index in [0.717, 1.165) is 0 Å². The normalized spacial score (nSPS) is 9.33. The summed E-state index contributed by atoms with van der Waals surface area (Å²) in [5.74, 6) is -0.635. The summed E-state index contributed by atoms with van der Waals surface area (Å²) in [7, 11) is 12.8. The summed E-state index contributed by atoms with van der Waals surface area (Å²) in [5, 5.41) is 26.7. The summed E-state index contributed by atoms with van der Waals surface area (Å²) in [6.07, 6.45) is 0. The van der Waals surface area contributed by atoms with E-state index in [1.807, 2.05) is 0 Å². The molecule has 46 heavy (non-hydrogen) atoms. The number of carbonyl (C=O) groups is 3. The van der Waals surface area contributed by atoms with Gasteiger partial charge in [0.1, 0.15) is 16.7 Å². The smallest absolute Gasteiger partial charge is 0.339 e. The Labute approximate surface area is 297 Å². The molecule has 0 unspecified atom stereocenters. The first-order valence-electron chi connectivity index (χ1n) is 12.5. The van der Waals surface area contributed by atoms with Crippen LogP contribution in [-0.2, 0) is 0 Å². The van der Waals surface area contributed by atoms with Gasteiger partial charge in [0, 0.05) is 40.4 Å². The van der Waals surface area contributed by atoms with Crippen LogP contribution in [0.4, 0.5) is 0 Å². The predicted molar refractivity (Wildman–Crippen MR) is 159 cm³/mol. The summed E-state index contributed by atoms with van der Waals surface area (Å²) < 4.78 is 45.1. The molecule has 3 rings (SSSR count). The second-order valence-corrected chi connectivity index (χ2v) is 8.06. The van der Waals surface area contributed by atoms with Crippen LogP contribution in [-0.4, -0.2) is 97.2 Å². The van der Waals surface area contributed by atoms with E-state index in [2.05, 4.69) is 0 Å². The van der Waals surface area contributed by atoms with Crippen molar-refractivity contribution in [3.05, 3.63) is 53.1 Å². The van der Waals surface area contributed by atoms with Crippen LogP contribution in [0.2, 0.25) is 0 Å². The minimum Gasteiger partial charge on any atom is -0.493 e. The number of carboxylic acid groups (broad SMARTS) is 3. The molecular formula is C30H36O15Sm. The maximum Gasteiger partial charge on any atom is 0.339 e. The van der Waals surface area contributed by atoms with Crippen LogP contribution in [0.1, 0.15) is 31.1 Å². The van der Waals surface area contributed by atoms with Gasteiger partial charge >= 0.3 is 17.9 Å². The van der Waals surface area contributed by atoms with Crippen molar-refractivity contribution in [2.45, 2.75) is 0 Å². The monoisotopic (exact) mass is 788 g/mol. The zero-order valence-corrected chi connectivity index (χ0v) is 29.2. The maximum absolute atomic E-state index is 10.9. The van der Waals surface area contributed by atoms with Gasteiger partial charge in [0.05, 0.1) is 64.0 Å². The number of hydrogen-bond acceptors (Lipinski definition) is 12. The van der Waals surface area contributed by atoms with Gasteiger partial charge in [0.15, 0.2) is 34.5 Å². The second kappa shape index (κ2) is 20.6. The third kappa shape index (κ3) is 10.1. The van der Waals surface area contributed by atoms with Gasteiger partial charge in [0.2, 0.25) is 17.2 Å². The fraction of sp³-hybridized carbons (Fsp3) is 0.300. The van der Waals surface area contributed by atoms with Gasteiger partial charge in [-0.05, 0) is 36.4 Å². The van der Waals surface area contributed by atoms with Crippen molar-refractivity contribution in [1.82, 2.24) is 0 Å². The molecule has 0 fully saturated rings. The molecule has 3 N–H and O–H groups in total. The van der Waals surface area contributed by atoms with Gasteiger partial charge in [-0.2, -0.15) is 0 Å². The Morgan fingerprint density at radius 1 is 0.370 bits per heavy atom. The average molecular weight is 787 g/mol. The standard InChI is InChI=1S/3C10H12O5.Sm/c3*1-13-7-5-4-6(10(11)12)8(14-2)9(7)15-3;/h3*4-5H,1-3H3,(H,11,12);. The molecule has 252 valence electrons. The first-order valence-corrected chi connectivity index (χ1v) is 12.5. The Hall–Kier alpha value is -4.39. The molecule has 0 atom stereocenters. The van der Waals surface area contributed by atoms with E-state index in [9.17, 15) is 14.4 Å². The maximum atomic E-state index is 10.9. The Bertz CT molecular complexity index is 1300. The van der Waals surface area contributed by atoms with E-state index >= 15 is 0 Å². The van der Waals surface area contributed by atoms with Gasteiger partial charge in [-0.1, -0.05) is 0 Å². The van der Waals surface area contributed by atoms with Crippen LogP contribution in [0.3, 0.4) is 0 Å². The molecule has 0 aliphatic heterocycles. The van der Waals surface area contributed by atoms with E-state index in [1.54, 1.807) is 0 Å². The number of methoxy groups -OCH3 is 9. The zero-order chi connectivity index (χ0) is 34.3. The largest absolute Gasteiger partial charge is 0.493 e. The Balaban J connectivity index is 0.000000653. The number of benzene rings is 3. The molecule has 3 aromatic rings. The van der Waals surface area contributed by atoms with Gasteiger partial charge in [-0.25, -0.2) is 14.4 Å². The zero-order valence-electron chi connectivity index (χ0n) is 26.6. The van der Waals surface area contributed by atoms with E-state index in [-0.39, 0.29) is 91.6 Å². The fourth-order valence-corrected chi connectivity index (χ4v) is 3.81. The number of ether oxygens (including phenoxy) is 9. The summed E-state index contributed by atoms with van der Waals surface area (Å²) in [4.78, 5) is 32.6. The minimum atomic E-state index is -1.08. The second-order valence-electron chi connectivity index (χ2n) is 8.06. The predicted octanol–water partition coefficient (Wildman–Crippen LogP) is 4.23. The molecule has 0 radical (unpaired) electrons. The van der Waals surface area contributed by atoms with Gasteiger partial charge < -0.3 is 58.0 Å². The van der Waals surface area contributed by atoms with Crippen molar-refractivity contribution in [1.29, 1.82) is 0 Å². The van der Waals surface area contributed by atoms with E-state index in [0.29, 0.717) is 17.2 Å². The van der Waals surface area contributed by atoms with Crippen molar-refractivity contribution in [3.8, 4) is 51.7 Å². The van der Waals surface area contributed by atoms with E-state index in [1.165, 1.54) is 100 Å². The Kier molecular flexibility index (Phi) is 18.6. The molecule has 0 bridgehead atoms. The van der Waals surface area contributed by atoms with Crippen molar-refractivity contribution in [2.75, 3.05) is 64.0 Å². The van der Waals surface area contributed by atoms with Gasteiger partial charge in [0.25, 0.3) is 0 Å². The fourth-order valence-electron chi connectivity index (χ4n) is 3.81. The molecule has 0 aromatic heterocycles. The van der Waals surface area contributed by atoms with Crippen molar-refractivity contribution < 1.29 is 113 Å². The molecule has 0 saturated carbocycles. The SMILES string of the molecule is COc1ccc(C(=O)O)c(OC)c1OC.COc1ccc(C(=O)O)c(OC)c1OC.COc1ccc(C(=O)O)c(OC)c1OC.[Sm]. The molecule has 0 heterocycles. The molecule has 3 aromatic carbocycles. The van der Waals surface area contributed by atoms with Crippen LogP contribution < -0.4 is 42.6 Å². The molecule has 0 spiro atoms. The van der Waals surface area contributed by atoms with Gasteiger partial charge in [-0.15, -0.1) is 0 Å².